The van der Waals surface area contributed by atoms with Gasteiger partial charge in [-0.05, 0) is 32.9 Å². The molecule has 0 bridgehead atoms. The van der Waals surface area contributed by atoms with Crippen molar-refractivity contribution in [3.05, 3.63) is 23.8 Å². The van der Waals surface area contributed by atoms with Crippen molar-refractivity contribution < 1.29 is 9.47 Å². The average Bonchev–Trinajstić information content (AvgIpc) is 2.50. The minimum atomic E-state index is 0.292. The highest BCUT2D eigenvalue weighted by Gasteiger charge is 2.28. The van der Waals surface area contributed by atoms with E-state index in [9.17, 15) is 0 Å². The number of hydrogen-bond acceptors (Lipinski definition) is 4. The molecule has 1 aromatic rings. The molecular formula is C16H26N2O2. The van der Waals surface area contributed by atoms with E-state index in [0.717, 1.165) is 31.1 Å². The highest BCUT2D eigenvalue weighted by Crippen LogP contribution is 2.28. The van der Waals surface area contributed by atoms with Gasteiger partial charge in [0.1, 0.15) is 11.5 Å². The lowest BCUT2D eigenvalue weighted by Crippen LogP contribution is -2.49. The molecule has 2 rings (SSSR count). The van der Waals surface area contributed by atoms with Gasteiger partial charge in [-0.15, -0.1) is 0 Å². The van der Waals surface area contributed by atoms with E-state index in [1.165, 1.54) is 18.4 Å². The van der Waals surface area contributed by atoms with Crippen molar-refractivity contribution in [3.8, 4) is 11.5 Å². The summed E-state index contributed by atoms with van der Waals surface area (Å²) in [6.45, 7) is 5.48. The normalized spacial score (nSPS) is 18.8. The number of ether oxygens (including phenoxy) is 2. The third kappa shape index (κ3) is 3.44. The Morgan fingerprint density at radius 3 is 2.45 bits per heavy atom. The van der Waals surface area contributed by atoms with Crippen LogP contribution in [0.25, 0.3) is 0 Å². The van der Waals surface area contributed by atoms with E-state index in [1.54, 1.807) is 14.2 Å². The van der Waals surface area contributed by atoms with Crippen molar-refractivity contribution in [2.75, 3.05) is 34.4 Å². The summed E-state index contributed by atoms with van der Waals surface area (Å²) in [6.07, 6.45) is 2.37. The Balaban J connectivity index is 2.01. The van der Waals surface area contributed by atoms with Crippen LogP contribution in [0.4, 0.5) is 0 Å². The summed E-state index contributed by atoms with van der Waals surface area (Å²) in [5.41, 5.74) is 1.52. The minimum Gasteiger partial charge on any atom is -0.497 e. The van der Waals surface area contributed by atoms with Crippen LogP contribution in [0.5, 0.6) is 11.5 Å². The Bertz CT molecular complexity index is 440. The highest BCUT2D eigenvalue weighted by atomic mass is 16.5. The first-order chi connectivity index (χ1) is 9.60. The molecule has 1 aliphatic heterocycles. The molecule has 1 aromatic carbocycles. The second-order valence-corrected chi connectivity index (χ2v) is 5.76. The Labute approximate surface area is 122 Å². The molecule has 4 heteroatoms. The first-order valence-corrected chi connectivity index (χ1v) is 7.22. The molecule has 0 saturated carbocycles. The fourth-order valence-electron chi connectivity index (χ4n) is 2.68. The van der Waals surface area contributed by atoms with Crippen molar-refractivity contribution in [3.63, 3.8) is 0 Å². The Morgan fingerprint density at radius 1 is 1.20 bits per heavy atom. The van der Waals surface area contributed by atoms with Crippen LogP contribution in [0.3, 0.4) is 0 Å². The number of nitrogens with one attached hydrogen (secondary N) is 1. The van der Waals surface area contributed by atoms with Crippen molar-refractivity contribution in [1.29, 1.82) is 0 Å². The zero-order valence-electron chi connectivity index (χ0n) is 13.0. The molecule has 1 aliphatic rings. The molecular weight excluding hydrogens is 252 g/mol. The summed E-state index contributed by atoms with van der Waals surface area (Å²) in [6, 6.07) is 6.06. The third-order valence-electron chi connectivity index (χ3n) is 4.45. The monoisotopic (exact) mass is 278 g/mol. The predicted molar refractivity (Wildman–Crippen MR) is 81.5 cm³/mol. The zero-order valence-corrected chi connectivity index (χ0v) is 13.0. The van der Waals surface area contributed by atoms with Gasteiger partial charge >= 0.3 is 0 Å². The van der Waals surface area contributed by atoms with E-state index in [-0.39, 0.29) is 0 Å². The lowest BCUT2D eigenvalue weighted by Gasteiger charge is -2.39. The summed E-state index contributed by atoms with van der Waals surface area (Å²) >= 11 is 0. The Kier molecular flexibility index (Phi) is 4.89. The number of likely N-dealkylation sites (tertiary alicyclic amines) is 1. The van der Waals surface area contributed by atoms with E-state index >= 15 is 0 Å². The van der Waals surface area contributed by atoms with Crippen molar-refractivity contribution >= 4 is 0 Å². The molecule has 0 aromatic heterocycles. The summed E-state index contributed by atoms with van der Waals surface area (Å²) in [5.74, 6) is 1.75. The van der Waals surface area contributed by atoms with Crippen LogP contribution in [0.15, 0.2) is 18.2 Å². The first-order valence-electron chi connectivity index (χ1n) is 7.22. The van der Waals surface area contributed by atoms with Gasteiger partial charge in [-0.2, -0.15) is 0 Å². The van der Waals surface area contributed by atoms with Gasteiger partial charge in [0, 0.05) is 36.8 Å². The highest BCUT2D eigenvalue weighted by molar-refractivity contribution is 5.40. The molecule has 0 spiro atoms. The van der Waals surface area contributed by atoms with Crippen LogP contribution in [0, 0.1) is 0 Å². The van der Waals surface area contributed by atoms with Gasteiger partial charge in [0.2, 0.25) is 0 Å². The van der Waals surface area contributed by atoms with E-state index in [1.807, 2.05) is 12.1 Å². The maximum absolute atomic E-state index is 5.47. The van der Waals surface area contributed by atoms with Crippen LogP contribution in [-0.2, 0) is 6.54 Å². The van der Waals surface area contributed by atoms with Crippen molar-refractivity contribution in [2.24, 2.45) is 0 Å². The van der Waals surface area contributed by atoms with E-state index < -0.39 is 0 Å². The molecule has 112 valence electrons. The molecule has 0 amide bonds. The molecule has 4 nitrogen and oxygen atoms in total. The van der Waals surface area contributed by atoms with Gasteiger partial charge < -0.3 is 14.8 Å². The SMILES string of the molecule is CNC1(C)CCN(Cc2ccc(OC)cc2OC)CC1. The molecule has 0 unspecified atom stereocenters. The second kappa shape index (κ2) is 6.46. The number of piperidine rings is 1. The maximum Gasteiger partial charge on any atom is 0.127 e. The van der Waals surface area contributed by atoms with Gasteiger partial charge in [-0.25, -0.2) is 0 Å². The maximum atomic E-state index is 5.47. The summed E-state index contributed by atoms with van der Waals surface area (Å²) in [4.78, 5) is 2.49. The molecule has 1 N–H and O–H groups in total. The molecule has 1 heterocycles. The van der Waals surface area contributed by atoms with Crippen LogP contribution >= 0.6 is 0 Å². The van der Waals surface area contributed by atoms with Crippen molar-refractivity contribution in [2.45, 2.75) is 31.8 Å². The van der Waals surface area contributed by atoms with Crippen LogP contribution in [0.1, 0.15) is 25.3 Å². The molecule has 0 atom stereocenters. The first kappa shape index (κ1) is 15.1. The summed E-state index contributed by atoms with van der Waals surface area (Å²) in [7, 11) is 5.45. The topological polar surface area (TPSA) is 33.7 Å². The van der Waals surface area contributed by atoms with Crippen LogP contribution in [-0.4, -0.2) is 44.8 Å². The van der Waals surface area contributed by atoms with Gasteiger partial charge in [-0.3, -0.25) is 4.90 Å². The number of benzene rings is 1. The number of rotatable bonds is 5. The third-order valence-corrected chi connectivity index (χ3v) is 4.45. The fraction of sp³-hybridized carbons (Fsp3) is 0.625. The van der Waals surface area contributed by atoms with E-state index in [2.05, 4.69) is 30.3 Å². The average molecular weight is 278 g/mol. The second-order valence-electron chi connectivity index (χ2n) is 5.76. The lowest BCUT2D eigenvalue weighted by molar-refractivity contribution is 0.145. The molecule has 1 saturated heterocycles. The van der Waals surface area contributed by atoms with Crippen molar-refractivity contribution in [1.82, 2.24) is 10.2 Å². The van der Waals surface area contributed by atoms with Crippen LogP contribution in [0.2, 0.25) is 0 Å². The van der Waals surface area contributed by atoms with E-state index in [4.69, 9.17) is 9.47 Å². The molecule has 0 radical (unpaired) electrons. The van der Waals surface area contributed by atoms with Gasteiger partial charge in [0.25, 0.3) is 0 Å². The van der Waals surface area contributed by atoms with Gasteiger partial charge in [-0.1, -0.05) is 6.07 Å². The lowest BCUT2D eigenvalue weighted by atomic mass is 9.90. The predicted octanol–water partition coefficient (Wildman–Crippen LogP) is 2.28. The molecule has 20 heavy (non-hydrogen) atoms. The summed E-state index contributed by atoms with van der Waals surface area (Å²) < 4.78 is 10.7. The Morgan fingerprint density at radius 2 is 1.90 bits per heavy atom. The molecule has 0 aliphatic carbocycles. The smallest absolute Gasteiger partial charge is 0.127 e. The van der Waals surface area contributed by atoms with Gasteiger partial charge in [0.05, 0.1) is 14.2 Å². The molecule has 1 fully saturated rings. The quantitative estimate of drug-likeness (QED) is 0.896. The number of methoxy groups -OCH3 is 2. The standard InChI is InChI=1S/C16H26N2O2/c1-16(17-2)7-9-18(10-8-16)12-13-5-6-14(19-3)11-15(13)20-4/h5-6,11,17H,7-10,12H2,1-4H3. The Hall–Kier alpha value is -1.26. The van der Waals surface area contributed by atoms with E-state index in [0.29, 0.717) is 5.54 Å². The fourth-order valence-corrected chi connectivity index (χ4v) is 2.68. The van der Waals surface area contributed by atoms with Crippen LogP contribution < -0.4 is 14.8 Å². The summed E-state index contributed by atoms with van der Waals surface area (Å²) in [5, 5.41) is 3.43. The zero-order chi connectivity index (χ0) is 14.6. The minimum absolute atomic E-state index is 0.292. The number of hydrogen-bond donors (Lipinski definition) is 1. The largest absolute Gasteiger partial charge is 0.497 e. The number of nitrogens with zero attached hydrogens (tertiary/aromatic N) is 1. The van der Waals surface area contributed by atoms with Gasteiger partial charge in [0.15, 0.2) is 0 Å².